The highest BCUT2D eigenvalue weighted by molar-refractivity contribution is 5.75. The van der Waals surface area contributed by atoms with Crippen LogP contribution in [0, 0.1) is 0 Å². The molecule has 0 aromatic heterocycles. The molecular formula is C22H47AlO5. The Morgan fingerprint density at radius 3 is 1.36 bits per heavy atom. The number of aldehydes is 1. The van der Waals surface area contributed by atoms with E-state index in [-0.39, 0.29) is 30.6 Å². The van der Waals surface area contributed by atoms with Crippen molar-refractivity contribution in [1.82, 2.24) is 0 Å². The van der Waals surface area contributed by atoms with Crippen LogP contribution in [-0.4, -0.2) is 62.7 Å². The lowest BCUT2D eigenvalue weighted by atomic mass is 10.2. The van der Waals surface area contributed by atoms with E-state index in [0.29, 0.717) is 19.8 Å². The Kier molecular flexibility index (Phi) is 25.2. The topological polar surface area (TPSA) is 54.0 Å². The molecular weight excluding hydrogens is 371 g/mol. The lowest BCUT2D eigenvalue weighted by molar-refractivity contribution is -0.394. The second kappa shape index (κ2) is 23.3. The van der Waals surface area contributed by atoms with E-state index < -0.39 is 5.97 Å². The van der Waals surface area contributed by atoms with Gasteiger partial charge < -0.3 is 23.7 Å². The fourth-order valence-corrected chi connectivity index (χ4v) is 2.75. The molecule has 5 nitrogen and oxygen atoms in total. The van der Waals surface area contributed by atoms with Gasteiger partial charge in [0.2, 0.25) is 0 Å². The number of rotatable bonds is 22. The van der Waals surface area contributed by atoms with Gasteiger partial charge in [-0.25, -0.2) is 0 Å². The first-order valence-electron chi connectivity index (χ1n) is 11.2. The third kappa shape index (κ3) is 18.1. The zero-order chi connectivity index (χ0) is 20.1. The highest BCUT2D eigenvalue weighted by atomic mass is 27.0. The Morgan fingerprint density at radius 1 is 0.643 bits per heavy atom. The van der Waals surface area contributed by atoms with Crippen molar-refractivity contribution in [3.8, 4) is 0 Å². The van der Waals surface area contributed by atoms with Crippen LogP contribution >= 0.6 is 0 Å². The molecule has 0 unspecified atom stereocenters. The molecule has 0 saturated carbocycles. The summed E-state index contributed by atoms with van der Waals surface area (Å²) in [5.41, 5.74) is 0. The summed E-state index contributed by atoms with van der Waals surface area (Å²) in [5, 5.41) is 0. The summed E-state index contributed by atoms with van der Waals surface area (Å²) in [5.74, 6) is -1.19. The Balaban J connectivity index is 0. The fraction of sp³-hybridized carbons (Fsp3) is 0.955. The van der Waals surface area contributed by atoms with Gasteiger partial charge in [0.25, 0.3) is 0 Å². The van der Waals surface area contributed by atoms with Crippen molar-refractivity contribution in [2.45, 2.75) is 104 Å². The van der Waals surface area contributed by atoms with Crippen LogP contribution in [0.5, 0.6) is 0 Å². The second-order valence-corrected chi connectivity index (χ2v) is 7.09. The van der Waals surface area contributed by atoms with E-state index in [2.05, 4.69) is 20.8 Å². The lowest BCUT2D eigenvalue weighted by Crippen LogP contribution is -2.45. The average Bonchev–Trinajstić information content (AvgIpc) is 2.67. The van der Waals surface area contributed by atoms with E-state index in [1.807, 2.05) is 0 Å². The Labute approximate surface area is 184 Å². The van der Waals surface area contributed by atoms with Crippen molar-refractivity contribution in [2.24, 2.45) is 0 Å². The van der Waals surface area contributed by atoms with E-state index in [0.717, 1.165) is 44.8 Å². The van der Waals surface area contributed by atoms with Crippen LogP contribution in [0.3, 0.4) is 0 Å². The number of carbonyl (C=O) groups excluding carboxylic acids is 1. The Morgan fingerprint density at radius 2 is 1.04 bits per heavy atom. The number of carbonyl (C=O) groups is 1. The van der Waals surface area contributed by atoms with E-state index >= 15 is 0 Å². The van der Waals surface area contributed by atoms with Crippen molar-refractivity contribution in [3.63, 3.8) is 0 Å². The largest absolute Gasteiger partial charge is 0.366 e. The standard InChI is InChI=1S/C22H44O5.Al.3H/c1-4-7-10-13-17-25-22(21-24-20-16-23,26-18-14-11-8-5-2)27-19-15-12-9-6-3;;;;/h16H,4-15,17-21H2,1-3H3;;;;. The second-order valence-electron chi connectivity index (χ2n) is 7.09. The molecule has 0 atom stereocenters. The van der Waals surface area contributed by atoms with Crippen LogP contribution in [0.2, 0.25) is 0 Å². The van der Waals surface area contributed by atoms with Crippen LogP contribution in [0.25, 0.3) is 0 Å². The third-order valence-corrected chi connectivity index (χ3v) is 4.42. The summed E-state index contributed by atoms with van der Waals surface area (Å²) >= 11 is 0. The Hall–Kier alpha value is 0.0425. The number of ether oxygens (including phenoxy) is 4. The Bertz CT molecular complexity index is 279. The van der Waals surface area contributed by atoms with E-state index in [9.17, 15) is 4.79 Å². The summed E-state index contributed by atoms with van der Waals surface area (Å²) < 4.78 is 23.6. The third-order valence-electron chi connectivity index (χ3n) is 4.42. The van der Waals surface area contributed by atoms with Gasteiger partial charge in [-0.2, -0.15) is 0 Å². The molecule has 0 aromatic carbocycles. The normalized spacial score (nSPS) is 11.4. The van der Waals surface area contributed by atoms with E-state index in [1.54, 1.807) is 0 Å². The minimum atomic E-state index is -1.19. The molecule has 0 heterocycles. The van der Waals surface area contributed by atoms with Gasteiger partial charge in [0.15, 0.2) is 17.4 Å². The SMILES string of the molecule is CCCCCCOC(COCC=O)(OCCCCCC)OCCCCCC.[AlH3]. The summed E-state index contributed by atoms with van der Waals surface area (Å²) in [6.07, 6.45) is 14.2. The molecule has 0 bridgehead atoms. The maximum absolute atomic E-state index is 10.6. The molecule has 0 saturated heterocycles. The molecule has 0 aromatic rings. The minimum absolute atomic E-state index is 0. The quantitative estimate of drug-likeness (QED) is 0.112. The van der Waals surface area contributed by atoms with Gasteiger partial charge in [0.05, 0.1) is 19.8 Å². The first kappa shape index (κ1) is 30.2. The average molecular weight is 419 g/mol. The molecule has 0 N–H and O–H groups in total. The monoisotopic (exact) mass is 418 g/mol. The highest BCUT2D eigenvalue weighted by Gasteiger charge is 2.34. The predicted molar refractivity (Wildman–Crippen MR) is 120 cm³/mol. The molecule has 0 spiro atoms. The van der Waals surface area contributed by atoms with Gasteiger partial charge in [0, 0.05) is 0 Å². The molecule has 0 rings (SSSR count). The van der Waals surface area contributed by atoms with Gasteiger partial charge in [-0.3, -0.25) is 0 Å². The number of unbranched alkanes of at least 4 members (excludes halogenated alkanes) is 9. The summed E-state index contributed by atoms with van der Waals surface area (Å²) in [4.78, 5) is 10.6. The van der Waals surface area contributed by atoms with Gasteiger partial charge in [0.1, 0.15) is 19.5 Å². The first-order valence-corrected chi connectivity index (χ1v) is 11.2. The van der Waals surface area contributed by atoms with Crippen molar-refractivity contribution in [3.05, 3.63) is 0 Å². The lowest BCUT2D eigenvalue weighted by Gasteiger charge is -2.33. The highest BCUT2D eigenvalue weighted by Crippen LogP contribution is 2.20. The van der Waals surface area contributed by atoms with Crippen LogP contribution in [0.4, 0.5) is 0 Å². The van der Waals surface area contributed by atoms with Crippen molar-refractivity contribution in [1.29, 1.82) is 0 Å². The maximum atomic E-state index is 10.6. The van der Waals surface area contributed by atoms with Crippen molar-refractivity contribution >= 4 is 23.6 Å². The zero-order valence-corrected chi connectivity index (χ0v) is 18.1. The molecule has 168 valence electrons. The van der Waals surface area contributed by atoms with Crippen LogP contribution in [-0.2, 0) is 23.7 Å². The smallest absolute Gasteiger partial charge is 0.307 e. The van der Waals surface area contributed by atoms with Crippen LogP contribution in [0.15, 0.2) is 0 Å². The summed E-state index contributed by atoms with van der Waals surface area (Å²) in [6.45, 7) is 8.46. The van der Waals surface area contributed by atoms with E-state index in [4.69, 9.17) is 18.9 Å². The molecule has 28 heavy (non-hydrogen) atoms. The predicted octanol–water partition coefficient (Wildman–Crippen LogP) is 4.46. The van der Waals surface area contributed by atoms with Crippen molar-refractivity contribution in [2.75, 3.05) is 33.0 Å². The molecule has 0 amide bonds. The number of hydrogen-bond donors (Lipinski definition) is 0. The van der Waals surface area contributed by atoms with Gasteiger partial charge in [-0.05, 0) is 19.3 Å². The molecule has 0 radical (unpaired) electrons. The van der Waals surface area contributed by atoms with E-state index in [1.165, 1.54) is 38.5 Å². The zero-order valence-electron chi connectivity index (χ0n) is 18.1. The van der Waals surface area contributed by atoms with Crippen LogP contribution in [0.1, 0.15) is 97.8 Å². The maximum Gasteiger partial charge on any atom is 0.307 e. The molecule has 0 aliphatic heterocycles. The van der Waals surface area contributed by atoms with Crippen LogP contribution < -0.4 is 0 Å². The fourth-order valence-electron chi connectivity index (χ4n) is 2.75. The van der Waals surface area contributed by atoms with Gasteiger partial charge >= 0.3 is 5.97 Å². The minimum Gasteiger partial charge on any atom is -0.366 e. The number of hydrogen-bond acceptors (Lipinski definition) is 5. The molecule has 0 aliphatic carbocycles. The van der Waals surface area contributed by atoms with Gasteiger partial charge in [-0.15, -0.1) is 0 Å². The molecule has 0 fully saturated rings. The van der Waals surface area contributed by atoms with Crippen molar-refractivity contribution < 1.29 is 23.7 Å². The summed E-state index contributed by atoms with van der Waals surface area (Å²) in [7, 11) is 0. The first-order chi connectivity index (χ1) is 13.2. The van der Waals surface area contributed by atoms with Gasteiger partial charge in [-0.1, -0.05) is 78.6 Å². The summed E-state index contributed by atoms with van der Waals surface area (Å²) in [6, 6.07) is 0. The molecule has 0 aliphatic rings. The molecule has 6 heteroatoms.